The zero-order valence-electron chi connectivity index (χ0n) is 12.2. The van der Waals surface area contributed by atoms with Crippen LogP contribution < -0.4 is 5.73 Å². The number of nitrogen functional groups attached to an aromatic ring is 1. The molecule has 0 bridgehead atoms. The van der Waals surface area contributed by atoms with Crippen molar-refractivity contribution < 1.29 is 12.8 Å². The molecule has 1 aliphatic rings. The second-order valence-corrected chi connectivity index (χ2v) is 8.25. The molecule has 1 heterocycles. The largest absolute Gasteiger partial charge is 0.428 e. The maximum Gasteiger partial charge on any atom is 0.316 e. The summed E-state index contributed by atoms with van der Waals surface area (Å²) in [5, 5.41) is -0.566. The normalized spacial score (nSPS) is 27.0. The van der Waals surface area contributed by atoms with Crippen LogP contribution in [-0.2, 0) is 9.84 Å². The van der Waals surface area contributed by atoms with Crippen molar-refractivity contribution in [3.05, 3.63) is 18.2 Å². The van der Waals surface area contributed by atoms with Crippen LogP contribution in [0, 0.1) is 11.8 Å². The van der Waals surface area contributed by atoms with Gasteiger partial charge in [0.05, 0.1) is 5.25 Å². The van der Waals surface area contributed by atoms with Crippen molar-refractivity contribution in [2.45, 2.75) is 43.6 Å². The monoisotopic (exact) mass is 308 g/mol. The lowest BCUT2D eigenvalue weighted by Gasteiger charge is -2.30. The summed E-state index contributed by atoms with van der Waals surface area (Å²) < 4.78 is 30.9. The number of rotatable bonds is 2. The number of aromatic nitrogens is 1. The second kappa shape index (κ2) is 5.02. The third-order valence-electron chi connectivity index (χ3n) is 4.62. The third-order valence-corrected chi connectivity index (χ3v) is 6.59. The molecule has 3 rings (SSSR count). The summed E-state index contributed by atoms with van der Waals surface area (Å²) >= 11 is 0. The Kier molecular flexibility index (Phi) is 3.43. The molecular formula is C15H20N2O3S. The van der Waals surface area contributed by atoms with Gasteiger partial charge in [-0.2, -0.15) is 4.98 Å². The van der Waals surface area contributed by atoms with E-state index in [0.717, 1.165) is 6.42 Å². The van der Waals surface area contributed by atoms with Crippen LogP contribution in [0.15, 0.2) is 27.8 Å². The molecule has 1 fully saturated rings. The first-order valence-corrected chi connectivity index (χ1v) is 8.82. The SMILES string of the molecule is CC1CCC(S(=O)(=O)c2nc3cc(N)ccc3o2)CC1C. The lowest BCUT2D eigenvalue weighted by atomic mass is 9.81. The van der Waals surface area contributed by atoms with Gasteiger partial charge in [0, 0.05) is 5.69 Å². The van der Waals surface area contributed by atoms with Gasteiger partial charge in [0.25, 0.3) is 0 Å². The van der Waals surface area contributed by atoms with Gasteiger partial charge in [0.2, 0.25) is 9.84 Å². The molecule has 1 saturated carbocycles. The lowest BCUT2D eigenvalue weighted by molar-refractivity contribution is 0.276. The van der Waals surface area contributed by atoms with Crippen LogP contribution in [-0.4, -0.2) is 18.7 Å². The van der Waals surface area contributed by atoms with Crippen molar-refractivity contribution in [1.29, 1.82) is 0 Å². The molecule has 5 nitrogen and oxygen atoms in total. The summed E-state index contributed by atoms with van der Waals surface area (Å²) in [4.78, 5) is 4.13. The van der Waals surface area contributed by atoms with Gasteiger partial charge in [-0.3, -0.25) is 0 Å². The standard InChI is InChI=1S/C15H20N2O3S/c1-9-3-5-12(7-10(9)2)21(18,19)15-17-13-8-11(16)4-6-14(13)20-15/h4,6,8-10,12H,3,5,7,16H2,1-2H3. The fraction of sp³-hybridized carbons (Fsp3) is 0.533. The average molecular weight is 308 g/mol. The summed E-state index contributed by atoms with van der Waals surface area (Å²) in [7, 11) is -3.51. The maximum atomic E-state index is 12.7. The van der Waals surface area contributed by atoms with Crippen molar-refractivity contribution in [2.24, 2.45) is 11.8 Å². The fourth-order valence-electron chi connectivity index (χ4n) is 2.97. The molecule has 0 amide bonds. The highest BCUT2D eigenvalue weighted by Crippen LogP contribution is 2.35. The molecule has 1 aromatic heterocycles. The predicted octanol–water partition coefficient (Wildman–Crippen LogP) is 3.01. The number of anilines is 1. The van der Waals surface area contributed by atoms with Crippen molar-refractivity contribution in [3.8, 4) is 0 Å². The number of nitrogens with zero attached hydrogens (tertiary/aromatic N) is 1. The molecule has 1 aromatic carbocycles. The van der Waals surface area contributed by atoms with E-state index in [9.17, 15) is 8.42 Å². The summed E-state index contributed by atoms with van der Waals surface area (Å²) in [6.45, 7) is 4.29. The van der Waals surface area contributed by atoms with Gasteiger partial charge in [-0.05, 0) is 49.3 Å². The van der Waals surface area contributed by atoms with Gasteiger partial charge < -0.3 is 10.2 Å². The van der Waals surface area contributed by atoms with E-state index in [-0.39, 0.29) is 5.22 Å². The van der Waals surface area contributed by atoms with E-state index in [1.165, 1.54) is 0 Å². The van der Waals surface area contributed by atoms with E-state index in [2.05, 4.69) is 18.8 Å². The Morgan fingerprint density at radius 3 is 2.71 bits per heavy atom. The summed E-state index contributed by atoms with van der Waals surface area (Å²) in [6.07, 6.45) is 2.28. The smallest absolute Gasteiger partial charge is 0.316 e. The molecule has 2 aromatic rings. The summed E-state index contributed by atoms with van der Waals surface area (Å²) in [5.74, 6) is 0.971. The first-order valence-electron chi connectivity index (χ1n) is 7.28. The minimum atomic E-state index is -3.51. The summed E-state index contributed by atoms with van der Waals surface area (Å²) in [5.41, 5.74) is 7.18. The van der Waals surface area contributed by atoms with E-state index in [4.69, 9.17) is 10.2 Å². The number of sulfone groups is 1. The van der Waals surface area contributed by atoms with Gasteiger partial charge in [0.1, 0.15) is 5.52 Å². The minimum absolute atomic E-state index is 0.171. The minimum Gasteiger partial charge on any atom is -0.428 e. The van der Waals surface area contributed by atoms with Crippen LogP contribution in [0.4, 0.5) is 5.69 Å². The molecule has 6 heteroatoms. The number of fused-ring (bicyclic) bond motifs is 1. The van der Waals surface area contributed by atoms with Crippen molar-refractivity contribution in [1.82, 2.24) is 4.98 Å². The van der Waals surface area contributed by atoms with E-state index < -0.39 is 15.1 Å². The molecule has 21 heavy (non-hydrogen) atoms. The number of benzene rings is 1. The van der Waals surface area contributed by atoms with Gasteiger partial charge in [-0.15, -0.1) is 0 Å². The predicted molar refractivity (Wildman–Crippen MR) is 81.6 cm³/mol. The van der Waals surface area contributed by atoms with Crippen molar-refractivity contribution in [2.75, 3.05) is 5.73 Å². The van der Waals surface area contributed by atoms with Crippen LogP contribution >= 0.6 is 0 Å². The van der Waals surface area contributed by atoms with Crippen molar-refractivity contribution in [3.63, 3.8) is 0 Å². The quantitative estimate of drug-likeness (QED) is 0.862. The Balaban J connectivity index is 1.96. The number of hydrogen-bond acceptors (Lipinski definition) is 5. The van der Waals surface area contributed by atoms with Crippen LogP contribution in [0.3, 0.4) is 0 Å². The topological polar surface area (TPSA) is 86.2 Å². The molecule has 0 saturated heterocycles. The fourth-order valence-corrected chi connectivity index (χ4v) is 4.69. The Bertz CT molecular complexity index is 766. The first-order chi connectivity index (χ1) is 9.88. The third kappa shape index (κ3) is 2.52. The molecule has 1 aliphatic carbocycles. The van der Waals surface area contributed by atoms with Crippen LogP contribution in [0.1, 0.15) is 33.1 Å². The maximum absolute atomic E-state index is 12.7. The van der Waals surface area contributed by atoms with E-state index in [1.807, 2.05) is 0 Å². The molecule has 0 radical (unpaired) electrons. The average Bonchev–Trinajstić information content (AvgIpc) is 2.85. The molecule has 3 atom stereocenters. The molecule has 0 aliphatic heterocycles. The Hall–Kier alpha value is -1.56. The second-order valence-electron chi connectivity index (χ2n) is 6.14. The highest BCUT2D eigenvalue weighted by molar-refractivity contribution is 7.91. The number of hydrogen-bond donors (Lipinski definition) is 1. The molecule has 114 valence electrons. The highest BCUT2D eigenvalue weighted by atomic mass is 32.2. The van der Waals surface area contributed by atoms with Crippen molar-refractivity contribution >= 4 is 26.6 Å². The Morgan fingerprint density at radius 1 is 1.24 bits per heavy atom. The van der Waals surface area contributed by atoms with E-state index in [0.29, 0.717) is 41.5 Å². The molecule has 0 spiro atoms. The Labute approximate surface area is 124 Å². The first kappa shape index (κ1) is 14.4. The van der Waals surface area contributed by atoms with Gasteiger partial charge in [-0.25, -0.2) is 8.42 Å². The van der Waals surface area contributed by atoms with Crippen LogP contribution in [0.25, 0.3) is 11.1 Å². The lowest BCUT2D eigenvalue weighted by Crippen LogP contribution is -2.31. The number of oxazole rings is 1. The summed E-state index contributed by atoms with van der Waals surface area (Å²) in [6, 6.07) is 4.96. The van der Waals surface area contributed by atoms with E-state index in [1.54, 1.807) is 18.2 Å². The van der Waals surface area contributed by atoms with E-state index >= 15 is 0 Å². The number of nitrogens with two attached hydrogens (primary N) is 1. The molecule has 2 N–H and O–H groups in total. The zero-order valence-corrected chi connectivity index (χ0v) is 13.1. The highest BCUT2D eigenvalue weighted by Gasteiger charge is 2.37. The van der Waals surface area contributed by atoms with Crippen LogP contribution in [0.2, 0.25) is 0 Å². The Morgan fingerprint density at radius 2 is 2.00 bits per heavy atom. The molecule has 3 unspecified atom stereocenters. The van der Waals surface area contributed by atoms with Gasteiger partial charge in [0.15, 0.2) is 5.58 Å². The molecular weight excluding hydrogens is 288 g/mol. The van der Waals surface area contributed by atoms with Gasteiger partial charge in [-0.1, -0.05) is 13.8 Å². The van der Waals surface area contributed by atoms with Crippen LogP contribution in [0.5, 0.6) is 0 Å². The van der Waals surface area contributed by atoms with Gasteiger partial charge >= 0.3 is 5.22 Å². The zero-order chi connectivity index (χ0) is 15.2.